The SMILES string of the molecule is CCc1ccc(C(N)C2Cc3ccccc3O2)cc1CC. The second kappa shape index (κ2) is 5.90. The molecule has 0 aliphatic carbocycles. The molecule has 21 heavy (non-hydrogen) atoms. The maximum atomic E-state index is 6.47. The highest BCUT2D eigenvalue weighted by Crippen LogP contribution is 2.33. The van der Waals surface area contributed by atoms with E-state index in [1.807, 2.05) is 12.1 Å². The molecule has 2 unspecified atom stereocenters. The van der Waals surface area contributed by atoms with E-state index in [4.69, 9.17) is 10.5 Å². The van der Waals surface area contributed by atoms with E-state index in [2.05, 4.69) is 44.2 Å². The zero-order valence-corrected chi connectivity index (χ0v) is 12.8. The number of hydrogen-bond acceptors (Lipinski definition) is 2. The Morgan fingerprint density at radius 1 is 1.10 bits per heavy atom. The third kappa shape index (κ3) is 2.68. The van der Waals surface area contributed by atoms with E-state index in [1.165, 1.54) is 22.3 Å². The van der Waals surface area contributed by atoms with E-state index in [1.54, 1.807) is 0 Å². The fourth-order valence-corrected chi connectivity index (χ4v) is 3.15. The summed E-state index contributed by atoms with van der Waals surface area (Å²) in [6.45, 7) is 4.40. The molecule has 0 fully saturated rings. The number of ether oxygens (including phenoxy) is 1. The fraction of sp³-hybridized carbons (Fsp3) is 0.368. The third-order valence-corrected chi connectivity index (χ3v) is 4.45. The molecule has 2 atom stereocenters. The Bertz CT molecular complexity index is 610. The summed E-state index contributed by atoms with van der Waals surface area (Å²) in [6, 6.07) is 14.8. The first-order valence-corrected chi connectivity index (χ1v) is 7.84. The molecule has 2 nitrogen and oxygen atoms in total. The van der Waals surface area contributed by atoms with Crippen LogP contribution in [0.5, 0.6) is 5.75 Å². The van der Waals surface area contributed by atoms with Gasteiger partial charge in [-0.3, -0.25) is 0 Å². The standard InChI is InChI=1S/C19H23NO/c1-3-13-9-10-16(11-14(13)4-2)19(20)18-12-15-7-5-6-8-17(15)21-18/h5-11,18-19H,3-4,12,20H2,1-2H3. The summed E-state index contributed by atoms with van der Waals surface area (Å²) in [5.74, 6) is 0.985. The first-order valence-electron chi connectivity index (χ1n) is 7.84. The predicted octanol–water partition coefficient (Wildman–Crippen LogP) is 3.81. The zero-order chi connectivity index (χ0) is 14.8. The number of benzene rings is 2. The Morgan fingerprint density at radius 3 is 2.57 bits per heavy atom. The van der Waals surface area contributed by atoms with Crippen molar-refractivity contribution in [3.63, 3.8) is 0 Å². The lowest BCUT2D eigenvalue weighted by Gasteiger charge is -2.21. The van der Waals surface area contributed by atoms with Crippen molar-refractivity contribution in [1.29, 1.82) is 0 Å². The Balaban J connectivity index is 1.82. The highest BCUT2D eigenvalue weighted by atomic mass is 16.5. The van der Waals surface area contributed by atoms with E-state index >= 15 is 0 Å². The molecule has 0 saturated heterocycles. The van der Waals surface area contributed by atoms with Gasteiger partial charge in [-0.2, -0.15) is 0 Å². The van der Waals surface area contributed by atoms with Crippen LogP contribution in [0.2, 0.25) is 0 Å². The number of rotatable bonds is 4. The Morgan fingerprint density at radius 2 is 1.86 bits per heavy atom. The van der Waals surface area contributed by atoms with Gasteiger partial charge in [-0.25, -0.2) is 0 Å². The lowest BCUT2D eigenvalue weighted by atomic mass is 9.93. The molecule has 0 spiro atoms. The van der Waals surface area contributed by atoms with Crippen LogP contribution in [0.15, 0.2) is 42.5 Å². The van der Waals surface area contributed by atoms with Crippen LogP contribution in [0, 0.1) is 0 Å². The summed E-state index contributed by atoms with van der Waals surface area (Å²) in [7, 11) is 0. The van der Waals surface area contributed by atoms with E-state index in [0.29, 0.717) is 0 Å². The molecule has 0 bridgehead atoms. The first-order chi connectivity index (χ1) is 10.2. The molecule has 2 aromatic rings. The van der Waals surface area contributed by atoms with Crippen molar-refractivity contribution in [3.8, 4) is 5.75 Å². The van der Waals surface area contributed by atoms with E-state index in [9.17, 15) is 0 Å². The van der Waals surface area contributed by atoms with Crippen LogP contribution in [-0.2, 0) is 19.3 Å². The van der Waals surface area contributed by atoms with Crippen LogP contribution < -0.4 is 10.5 Å². The largest absolute Gasteiger partial charge is 0.488 e. The molecule has 3 rings (SSSR count). The van der Waals surface area contributed by atoms with Gasteiger partial charge in [-0.15, -0.1) is 0 Å². The van der Waals surface area contributed by atoms with Gasteiger partial charge in [-0.05, 0) is 41.2 Å². The molecule has 0 radical (unpaired) electrons. The highest BCUT2D eigenvalue weighted by Gasteiger charge is 2.29. The molecule has 110 valence electrons. The van der Waals surface area contributed by atoms with Crippen molar-refractivity contribution in [1.82, 2.24) is 0 Å². The van der Waals surface area contributed by atoms with Crippen molar-refractivity contribution in [2.75, 3.05) is 0 Å². The van der Waals surface area contributed by atoms with Crippen LogP contribution in [0.4, 0.5) is 0 Å². The average Bonchev–Trinajstić information content (AvgIpc) is 2.97. The monoisotopic (exact) mass is 281 g/mol. The summed E-state index contributed by atoms with van der Waals surface area (Å²) >= 11 is 0. The lowest BCUT2D eigenvalue weighted by molar-refractivity contribution is 0.199. The number of hydrogen-bond donors (Lipinski definition) is 1. The van der Waals surface area contributed by atoms with Crippen LogP contribution in [0.25, 0.3) is 0 Å². The van der Waals surface area contributed by atoms with Crippen LogP contribution in [0.3, 0.4) is 0 Å². The molecule has 2 heteroatoms. The van der Waals surface area contributed by atoms with Crippen molar-refractivity contribution in [2.45, 2.75) is 45.3 Å². The summed E-state index contributed by atoms with van der Waals surface area (Å²) < 4.78 is 6.03. The van der Waals surface area contributed by atoms with E-state index < -0.39 is 0 Å². The molecule has 0 amide bonds. The van der Waals surface area contributed by atoms with Gasteiger partial charge in [-0.1, -0.05) is 50.2 Å². The van der Waals surface area contributed by atoms with Gasteiger partial charge in [0.1, 0.15) is 11.9 Å². The van der Waals surface area contributed by atoms with Gasteiger partial charge in [0.15, 0.2) is 0 Å². The zero-order valence-electron chi connectivity index (χ0n) is 12.8. The number of fused-ring (bicyclic) bond motifs is 1. The summed E-state index contributed by atoms with van der Waals surface area (Å²) in [4.78, 5) is 0. The fourth-order valence-electron chi connectivity index (χ4n) is 3.15. The predicted molar refractivity (Wildman–Crippen MR) is 86.7 cm³/mol. The van der Waals surface area contributed by atoms with Crippen molar-refractivity contribution < 1.29 is 4.74 Å². The van der Waals surface area contributed by atoms with Gasteiger partial charge in [0.25, 0.3) is 0 Å². The summed E-state index contributed by atoms with van der Waals surface area (Å²) in [5.41, 5.74) is 11.7. The average molecular weight is 281 g/mol. The Labute approximate surface area is 126 Å². The number of aryl methyl sites for hydroxylation is 2. The molecular formula is C19H23NO. The molecule has 2 aromatic carbocycles. The van der Waals surface area contributed by atoms with E-state index in [-0.39, 0.29) is 12.1 Å². The maximum absolute atomic E-state index is 6.47. The van der Waals surface area contributed by atoms with Crippen molar-refractivity contribution >= 4 is 0 Å². The maximum Gasteiger partial charge on any atom is 0.123 e. The Kier molecular flexibility index (Phi) is 3.98. The Hall–Kier alpha value is -1.80. The first kappa shape index (κ1) is 14.2. The highest BCUT2D eigenvalue weighted by molar-refractivity contribution is 5.40. The van der Waals surface area contributed by atoms with Gasteiger partial charge in [0, 0.05) is 6.42 Å². The molecule has 0 saturated carbocycles. The molecular weight excluding hydrogens is 258 g/mol. The molecule has 2 N–H and O–H groups in total. The van der Waals surface area contributed by atoms with Gasteiger partial charge < -0.3 is 10.5 Å². The molecule has 1 aliphatic heterocycles. The van der Waals surface area contributed by atoms with Crippen LogP contribution in [0.1, 0.15) is 42.1 Å². The second-order valence-corrected chi connectivity index (χ2v) is 5.73. The third-order valence-electron chi connectivity index (χ3n) is 4.45. The number of para-hydroxylation sites is 1. The summed E-state index contributed by atoms with van der Waals surface area (Å²) in [5, 5.41) is 0. The number of nitrogens with two attached hydrogens (primary N) is 1. The van der Waals surface area contributed by atoms with Crippen LogP contribution >= 0.6 is 0 Å². The minimum atomic E-state index is -0.0754. The smallest absolute Gasteiger partial charge is 0.123 e. The topological polar surface area (TPSA) is 35.2 Å². The molecule has 1 aliphatic rings. The minimum absolute atomic E-state index is 0.0413. The molecule has 0 aromatic heterocycles. The van der Waals surface area contributed by atoms with Crippen LogP contribution in [-0.4, -0.2) is 6.10 Å². The molecule has 1 heterocycles. The van der Waals surface area contributed by atoms with Crippen molar-refractivity contribution in [2.24, 2.45) is 5.73 Å². The second-order valence-electron chi connectivity index (χ2n) is 5.73. The minimum Gasteiger partial charge on any atom is -0.488 e. The van der Waals surface area contributed by atoms with Gasteiger partial charge in [0.2, 0.25) is 0 Å². The van der Waals surface area contributed by atoms with Gasteiger partial charge >= 0.3 is 0 Å². The van der Waals surface area contributed by atoms with Gasteiger partial charge in [0.05, 0.1) is 6.04 Å². The van der Waals surface area contributed by atoms with Crippen molar-refractivity contribution in [3.05, 3.63) is 64.7 Å². The lowest BCUT2D eigenvalue weighted by Crippen LogP contribution is -2.30. The van der Waals surface area contributed by atoms with E-state index in [0.717, 1.165) is 25.0 Å². The quantitative estimate of drug-likeness (QED) is 0.924. The normalized spacial score (nSPS) is 18.1. The summed E-state index contributed by atoms with van der Waals surface area (Å²) in [6.07, 6.45) is 3.06.